The van der Waals surface area contributed by atoms with Gasteiger partial charge < -0.3 is 5.32 Å². The first-order chi connectivity index (χ1) is 6.45. The highest BCUT2D eigenvalue weighted by Gasteiger charge is 2.19. The second kappa shape index (κ2) is 4.37. The van der Waals surface area contributed by atoms with Crippen molar-refractivity contribution in [2.24, 2.45) is 5.92 Å². The zero-order valence-corrected chi connectivity index (χ0v) is 7.82. The van der Waals surface area contributed by atoms with Crippen molar-refractivity contribution in [1.82, 2.24) is 20.3 Å². The molecule has 1 N–H and O–H groups in total. The van der Waals surface area contributed by atoms with Crippen LogP contribution in [0, 0.1) is 5.92 Å². The topological polar surface area (TPSA) is 42.7 Å². The van der Waals surface area contributed by atoms with Crippen LogP contribution in [0.4, 0.5) is 0 Å². The zero-order valence-electron chi connectivity index (χ0n) is 7.82. The Balaban J connectivity index is 1.48. The van der Waals surface area contributed by atoms with Crippen molar-refractivity contribution in [2.45, 2.75) is 25.8 Å². The first-order valence-corrected chi connectivity index (χ1v) is 5.00. The fraction of sp³-hybridized carbons (Fsp3) is 0.778. The molecule has 0 amide bonds. The van der Waals surface area contributed by atoms with Crippen LogP contribution >= 0.6 is 0 Å². The van der Waals surface area contributed by atoms with Crippen LogP contribution < -0.4 is 5.32 Å². The summed E-state index contributed by atoms with van der Waals surface area (Å²) >= 11 is 0. The van der Waals surface area contributed by atoms with Crippen LogP contribution in [0.3, 0.4) is 0 Å². The largest absolute Gasteiger partial charge is 0.316 e. The van der Waals surface area contributed by atoms with E-state index in [0.29, 0.717) is 0 Å². The van der Waals surface area contributed by atoms with E-state index in [9.17, 15) is 0 Å². The Kier molecular flexibility index (Phi) is 2.92. The monoisotopic (exact) mass is 180 g/mol. The van der Waals surface area contributed by atoms with Crippen LogP contribution in [-0.4, -0.2) is 28.1 Å². The molecular formula is C9H16N4. The van der Waals surface area contributed by atoms with Gasteiger partial charge in [0.15, 0.2) is 0 Å². The molecule has 0 aromatic carbocycles. The summed E-state index contributed by atoms with van der Waals surface area (Å²) in [4.78, 5) is 0. The van der Waals surface area contributed by atoms with Crippen molar-refractivity contribution in [3.05, 3.63) is 12.4 Å². The third-order valence-electron chi connectivity index (χ3n) is 2.34. The molecule has 72 valence electrons. The van der Waals surface area contributed by atoms with E-state index < -0.39 is 0 Å². The number of hydrogen-bond donors (Lipinski definition) is 1. The van der Waals surface area contributed by atoms with E-state index in [1.165, 1.54) is 19.4 Å². The van der Waals surface area contributed by atoms with E-state index in [4.69, 9.17) is 0 Å². The van der Waals surface area contributed by atoms with Gasteiger partial charge in [-0.15, -0.1) is 5.10 Å². The van der Waals surface area contributed by atoms with Crippen LogP contribution in [0.1, 0.15) is 19.3 Å². The molecule has 0 spiro atoms. The zero-order chi connectivity index (χ0) is 8.93. The molecule has 1 fully saturated rings. The Bertz CT molecular complexity index is 228. The maximum atomic E-state index is 3.90. The second-order valence-corrected chi connectivity index (χ2v) is 3.67. The molecule has 1 aromatic heterocycles. The molecule has 1 aromatic rings. The predicted octanol–water partition coefficient (Wildman–Crippen LogP) is 0.668. The summed E-state index contributed by atoms with van der Waals surface area (Å²) in [6.07, 6.45) is 7.61. The summed E-state index contributed by atoms with van der Waals surface area (Å²) in [6, 6.07) is 0. The normalized spacial score (nSPS) is 16.3. The van der Waals surface area contributed by atoms with Gasteiger partial charge in [0, 0.05) is 12.7 Å². The van der Waals surface area contributed by atoms with E-state index in [2.05, 4.69) is 15.6 Å². The molecule has 1 aliphatic rings. The van der Waals surface area contributed by atoms with Gasteiger partial charge in [0.25, 0.3) is 0 Å². The number of aromatic nitrogens is 3. The Hall–Kier alpha value is -0.900. The van der Waals surface area contributed by atoms with E-state index in [-0.39, 0.29) is 0 Å². The molecule has 0 unspecified atom stereocenters. The first-order valence-electron chi connectivity index (χ1n) is 5.00. The Morgan fingerprint density at radius 3 is 3.08 bits per heavy atom. The SMILES string of the molecule is c1cn(CCCNCC2CC2)nn1. The minimum atomic E-state index is 0.970. The van der Waals surface area contributed by atoms with Gasteiger partial charge in [0.2, 0.25) is 0 Å². The maximum Gasteiger partial charge on any atom is 0.0692 e. The minimum Gasteiger partial charge on any atom is -0.316 e. The molecule has 1 heterocycles. The summed E-state index contributed by atoms with van der Waals surface area (Å²) < 4.78 is 1.87. The van der Waals surface area contributed by atoms with Gasteiger partial charge in [-0.1, -0.05) is 5.21 Å². The Labute approximate surface area is 78.3 Å². The van der Waals surface area contributed by atoms with Gasteiger partial charge in [-0.05, 0) is 38.3 Å². The van der Waals surface area contributed by atoms with E-state index in [1.807, 2.05) is 10.9 Å². The summed E-state index contributed by atoms with van der Waals surface area (Å²) in [5.41, 5.74) is 0. The fourth-order valence-corrected chi connectivity index (χ4v) is 1.35. The third kappa shape index (κ3) is 3.14. The third-order valence-corrected chi connectivity index (χ3v) is 2.34. The number of nitrogens with one attached hydrogen (secondary N) is 1. The number of hydrogen-bond acceptors (Lipinski definition) is 3. The van der Waals surface area contributed by atoms with Crippen LogP contribution in [0.15, 0.2) is 12.4 Å². The first kappa shape index (κ1) is 8.69. The summed E-state index contributed by atoms with van der Waals surface area (Å²) in [5.74, 6) is 0.978. The van der Waals surface area contributed by atoms with Crippen molar-refractivity contribution in [3.63, 3.8) is 0 Å². The number of rotatable bonds is 6. The van der Waals surface area contributed by atoms with Crippen molar-refractivity contribution in [2.75, 3.05) is 13.1 Å². The Morgan fingerprint density at radius 1 is 1.46 bits per heavy atom. The van der Waals surface area contributed by atoms with E-state index in [0.717, 1.165) is 25.4 Å². The minimum absolute atomic E-state index is 0.970. The highest BCUT2D eigenvalue weighted by atomic mass is 15.4. The molecule has 0 saturated heterocycles. The number of aryl methyl sites for hydroxylation is 1. The van der Waals surface area contributed by atoms with Crippen LogP contribution in [0.2, 0.25) is 0 Å². The highest BCUT2D eigenvalue weighted by Crippen LogP contribution is 2.27. The molecule has 1 aliphatic carbocycles. The summed E-state index contributed by atoms with van der Waals surface area (Å²) in [7, 11) is 0. The fourth-order valence-electron chi connectivity index (χ4n) is 1.35. The van der Waals surface area contributed by atoms with E-state index >= 15 is 0 Å². The van der Waals surface area contributed by atoms with Crippen molar-refractivity contribution >= 4 is 0 Å². The average Bonchev–Trinajstić information content (AvgIpc) is 2.81. The molecule has 0 bridgehead atoms. The van der Waals surface area contributed by atoms with Crippen LogP contribution in [0.25, 0.3) is 0 Å². The van der Waals surface area contributed by atoms with Crippen LogP contribution in [-0.2, 0) is 6.54 Å². The molecule has 0 aliphatic heterocycles. The van der Waals surface area contributed by atoms with Crippen molar-refractivity contribution in [3.8, 4) is 0 Å². The predicted molar refractivity (Wildman–Crippen MR) is 50.2 cm³/mol. The molecule has 0 atom stereocenters. The highest BCUT2D eigenvalue weighted by molar-refractivity contribution is 4.75. The van der Waals surface area contributed by atoms with E-state index in [1.54, 1.807) is 6.20 Å². The van der Waals surface area contributed by atoms with Gasteiger partial charge >= 0.3 is 0 Å². The van der Waals surface area contributed by atoms with Crippen molar-refractivity contribution < 1.29 is 0 Å². The second-order valence-electron chi connectivity index (χ2n) is 3.67. The van der Waals surface area contributed by atoms with Gasteiger partial charge in [-0.3, -0.25) is 4.68 Å². The van der Waals surface area contributed by atoms with Gasteiger partial charge in [-0.25, -0.2) is 0 Å². The van der Waals surface area contributed by atoms with Gasteiger partial charge in [0.1, 0.15) is 0 Å². The molecular weight excluding hydrogens is 164 g/mol. The van der Waals surface area contributed by atoms with Crippen molar-refractivity contribution in [1.29, 1.82) is 0 Å². The summed E-state index contributed by atoms with van der Waals surface area (Å²) in [6.45, 7) is 3.27. The average molecular weight is 180 g/mol. The smallest absolute Gasteiger partial charge is 0.0692 e. The molecule has 13 heavy (non-hydrogen) atoms. The van der Waals surface area contributed by atoms with Crippen LogP contribution in [0.5, 0.6) is 0 Å². The molecule has 4 heteroatoms. The standard InChI is InChI=1S/C9H16N4/c1(4-10-8-9-2-3-9)6-13-7-5-11-12-13/h5,7,9-10H,1-4,6,8H2. The van der Waals surface area contributed by atoms with Gasteiger partial charge in [0.05, 0.1) is 6.20 Å². The quantitative estimate of drug-likeness (QED) is 0.654. The number of nitrogens with zero attached hydrogens (tertiary/aromatic N) is 3. The molecule has 2 rings (SSSR count). The molecule has 1 saturated carbocycles. The lowest BCUT2D eigenvalue weighted by Crippen LogP contribution is -2.19. The van der Waals surface area contributed by atoms with Gasteiger partial charge in [-0.2, -0.15) is 0 Å². The summed E-state index contributed by atoms with van der Waals surface area (Å²) in [5, 5.41) is 11.1. The lowest BCUT2D eigenvalue weighted by Gasteiger charge is -2.02. The molecule has 0 radical (unpaired) electrons. The lowest BCUT2D eigenvalue weighted by molar-refractivity contribution is 0.523. The lowest BCUT2D eigenvalue weighted by atomic mass is 10.4. The Morgan fingerprint density at radius 2 is 2.38 bits per heavy atom. The maximum absolute atomic E-state index is 3.90. The molecule has 4 nitrogen and oxygen atoms in total.